The first-order valence-electron chi connectivity index (χ1n) is 8.96. The molecule has 2 aromatic carbocycles. The van der Waals surface area contributed by atoms with Gasteiger partial charge in [0.1, 0.15) is 23.2 Å². The lowest BCUT2D eigenvalue weighted by Crippen LogP contribution is -2.20. The summed E-state index contributed by atoms with van der Waals surface area (Å²) in [5, 5.41) is 0.576. The van der Waals surface area contributed by atoms with Gasteiger partial charge in [-0.1, -0.05) is 30.3 Å². The number of hydrogen-bond donors (Lipinski definition) is 0. The smallest absolute Gasteiger partial charge is 0.341 e. The first-order valence-corrected chi connectivity index (χ1v) is 10.2. The number of benzene rings is 2. The van der Waals surface area contributed by atoms with E-state index >= 15 is 0 Å². The van der Waals surface area contributed by atoms with Crippen molar-refractivity contribution in [2.45, 2.75) is 24.5 Å². The molecule has 0 fully saturated rings. The molecule has 0 amide bonds. The molecule has 29 heavy (non-hydrogen) atoms. The third-order valence-corrected chi connectivity index (χ3v) is 5.15. The molecule has 0 saturated carbocycles. The molecule has 1 aliphatic rings. The Hall–Kier alpha value is -2.90. The van der Waals surface area contributed by atoms with Crippen LogP contribution >= 0.6 is 11.8 Å². The average molecular weight is 411 g/mol. The molecular formula is C22H18FNO4S. The van der Waals surface area contributed by atoms with Gasteiger partial charge in [0.25, 0.3) is 0 Å². The van der Waals surface area contributed by atoms with Crippen LogP contribution in [0.2, 0.25) is 0 Å². The van der Waals surface area contributed by atoms with Crippen molar-refractivity contribution in [3.63, 3.8) is 0 Å². The number of rotatable bonds is 5. The van der Waals surface area contributed by atoms with Crippen molar-refractivity contribution < 1.29 is 23.4 Å². The largest absolute Gasteiger partial charge is 0.460 e. The molecule has 3 aromatic rings. The Labute approximate surface area is 171 Å². The van der Waals surface area contributed by atoms with Gasteiger partial charge in [0, 0.05) is 22.9 Å². The Balaban J connectivity index is 1.56. The zero-order valence-corrected chi connectivity index (χ0v) is 16.4. The minimum atomic E-state index is -0.606. The van der Waals surface area contributed by atoms with Gasteiger partial charge in [-0.25, -0.2) is 14.2 Å². The van der Waals surface area contributed by atoms with Crippen LogP contribution < -0.4 is 4.74 Å². The lowest BCUT2D eigenvalue weighted by Gasteiger charge is -2.28. The summed E-state index contributed by atoms with van der Waals surface area (Å²) in [5.41, 5.74) is 2.25. The van der Waals surface area contributed by atoms with Crippen molar-refractivity contribution in [2.24, 2.45) is 0 Å². The molecule has 0 radical (unpaired) electrons. The molecule has 0 spiro atoms. The van der Waals surface area contributed by atoms with Crippen molar-refractivity contribution in [1.82, 2.24) is 4.98 Å². The monoisotopic (exact) mass is 411 g/mol. The maximum atomic E-state index is 14.1. The van der Waals surface area contributed by atoms with Gasteiger partial charge in [0.2, 0.25) is 6.29 Å². The van der Waals surface area contributed by atoms with E-state index in [1.54, 1.807) is 18.3 Å². The molecule has 0 aliphatic carbocycles. The molecule has 2 heterocycles. The fourth-order valence-electron chi connectivity index (χ4n) is 3.09. The van der Waals surface area contributed by atoms with Crippen LogP contribution in [0.1, 0.15) is 33.3 Å². The maximum Gasteiger partial charge on any atom is 0.341 e. The number of halogens is 1. The van der Waals surface area contributed by atoms with Crippen molar-refractivity contribution in [3.05, 3.63) is 88.9 Å². The maximum absolute atomic E-state index is 14.1. The summed E-state index contributed by atoms with van der Waals surface area (Å²) in [6.07, 6.45) is 2.84. The molecule has 0 unspecified atom stereocenters. The molecule has 1 aliphatic heterocycles. The molecule has 1 aromatic heterocycles. The normalized spacial score (nSPS) is 15.3. The van der Waals surface area contributed by atoms with Gasteiger partial charge >= 0.3 is 5.97 Å². The van der Waals surface area contributed by atoms with Crippen LogP contribution in [0.5, 0.6) is 5.75 Å². The van der Waals surface area contributed by atoms with Gasteiger partial charge in [0.05, 0.1) is 12.2 Å². The van der Waals surface area contributed by atoms with Crippen molar-refractivity contribution >= 4 is 17.7 Å². The van der Waals surface area contributed by atoms with Gasteiger partial charge < -0.3 is 14.2 Å². The highest BCUT2D eigenvalue weighted by molar-refractivity contribution is 7.98. The van der Waals surface area contributed by atoms with E-state index in [0.29, 0.717) is 27.5 Å². The Kier molecular flexibility index (Phi) is 5.78. The molecular weight excluding hydrogens is 393 g/mol. The van der Waals surface area contributed by atoms with E-state index < -0.39 is 18.1 Å². The number of hydrogen-bond acceptors (Lipinski definition) is 6. The van der Waals surface area contributed by atoms with Crippen LogP contribution in [0.15, 0.2) is 65.8 Å². The highest BCUT2D eigenvalue weighted by atomic mass is 32.2. The first-order chi connectivity index (χ1) is 14.2. The fraction of sp³-hybridized carbons (Fsp3) is 0.182. The lowest BCUT2D eigenvalue weighted by atomic mass is 10.1. The Bertz CT molecular complexity index is 1030. The molecule has 5 nitrogen and oxygen atoms in total. The van der Waals surface area contributed by atoms with Crippen molar-refractivity contribution in [1.29, 1.82) is 0 Å². The minimum absolute atomic E-state index is 0.122. The third kappa shape index (κ3) is 4.26. The topological polar surface area (TPSA) is 57.7 Å². The molecule has 7 heteroatoms. The van der Waals surface area contributed by atoms with E-state index in [-0.39, 0.29) is 13.2 Å². The van der Waals surface area contributed by atoms with Gasteiger partial charge in [-0.2, -0.15) is 0 Å². The van der Waals surface area contributed by atoms with Crippen LogP contribution in [-0.2, 0) is 22.7 Å². The van der Waals surface area contributed by atoms with E-state index in [1.165, 1.54) is 23.9 Å². The number of pyridine rings is 1. The number of carbonyl (C=O) groups excluding carboxylic acids is 1. The number of thioether (sulfide) groups is 1. The minimum Gasteiger partial charge on any atom is -0.460 e. The number of esters is 1. The third-order valence-electron chi connectivity index (χ3n) is 4.44. The van der Waals surface area contributed by atoms with E-state index in [0.717, 1.165) is 5.56 Å². The number of fused-ring (bicyclic) bond motifs is 1. The highest BCUT2D eigenvalue weighted by Gasteiger charge is 2.26. The number of ether oxygens (including phenoxy) is 3. The van der Waals surface area contributed by atoms with Crippen LogP contribution in [0.4, 0.5) is 4.39 Å². The second kappa shape index (κ2) is 8.63. The van der Waals surface area contributed by atoms with E-state index in [2.05, 4.69) is 4.98 Å². The van der Waals surface area contributed by atoms with Crippen LogP contribution in [0, 0.1) is 5.82 Å². The average Bonchev–Trinajstić information content (AvgIpc) is 2.77. The molecule has 0 N–H and O–H groups in total. The lowest BCUT2D eigenvalue weighted by molar-refractivity contribution is -0.112. The quantitative estimate of drug-likeness (QED) is 0.439. The Morgan fingerprint density at radius 3 is 2.86 bits per heavy atom. The number of nitrogens with zero attached hydrogens (tertiary/aromatic N) is 1. The van der Waals surface area contributed by atoms with Gasteiger partial charge in [-0.15, -0.1) is 11.8 Å². The first kappa shape index (κ1) is 19.4. The van der Waals surface area contributed by atoms with Gasteiger partial charge in [-0.3, -0.25) is 0 Å². The van der Waals surface area contributed by atoms with E-state index in [4.69, 9.17) is 14.2 Å². The van der Waals surface area contributed by atoms with Gasteiger partial charge in [-0.05, 0) is 30.5 Å². The fourth-order valence-corrected chi connectivity index (χ4v) is 3.63. The zero-order chi connectivity index (χ0) is 20.2. The molecule has 148 valence electrons. The van der Waals surface area contributed by atoms with Crippen LogP contribution in [0.3, 0.4) is 0 Å². The Morgan fingerprint density at radius 2 is 2.07 bits per heavy atom. The van der Waals surface area contributed by atoms with Crippen molar-refractivity contribution in [3.8, 4) is 5.75 Å². The molecule has 0 bridgehead atoms. The summed E-state index contributed by atoms with van der Waals surface area (Å²) in [6.45, 7) is 0.0793. The second-order valence-corrected chi connectivity index (χ2v) is 7.16. The number of carbonyl (C=O) groups is 1. The number of aromatic nitrogens is 1. The summed E-state index contributed by atoms with van der Waals surface area (Å²) >= 11 is 1.36. The predicted molar refractivity (Wildman–Crippen MR) is 106 cm³/mol. The Morgan fingerprint density at radius 1 is 1.24 bits per heavy atom. The van der Waals surface area contributed by atoms with Gasteiger partial charge in [0.15, 0.2) is 0 Å². The predicted octanol–water partition coefficient (Wildman–Crippen LogP) is 4.91. The summed E-state index contributed by atoms with van der Waals surface area (Å²) in [7, 11) is 0. The zero-order valence-electron chi connectivity index (χ0n) is 15.6. The van der Waals surface area contributed by atoms with Crippen LogP contribution in [-0.4, -0.2) is 17.2 Å². The standard InChI is InChI=1S/C22H18FNO4S/c1-29-20-18(8-5-9-24-20)21(25)26-12-15-10-17(23)11-16-13-27-22(28-19(15)16)14-6-3-2-4-7-14/h2-11,22H,12-13H2,1H3/t22-/m1/s1. The van der Waals surface area contributed by atoms with Crippen LogP contribution in [0.25, 0.3) is 0 Å². The highest BCUT2D eigenvalue weighted by Crippen LogP contribution is 2.37. The summed E-state index contributed by atoms with van der Waals surface area (Å²) in [5.74, 6) is -0.478. The van der Waals surface area contributed by atoms with E-state index in [9.17, 15) is 9.18 Å². The second-order valence-electron chi connectivity index (χ2n) is 6.36. The van der Waals surface area contributed by atoms with Crippen molar-refractivity contribution in [2.75, 3.05) is 6.26 Å². The molecule has 4 rings (SSSR count). The molecule has 1 atom stereocenters. The molecule has 0 saturated heterocycles. The summed E-state index contributed by atoms with van der Waals surface area (Å²) in [4.78, 5) is 16.7. The van der Waals surface area contributed by atoms with E-state index in [1.807, 2.05) is 36.6 Å². The summed E-state index contributed by atoms with van der Waals surface area (Å²) < 4.78 is 31.2. The summed E-state index contributed by atoms with van der Waals surface area (Å²) in [6, 6.07) is 15.5. The SMILES string of the molecule is CSc1ncccc1C(=O)OCc1cc(F)cc2c1O[C@H](c1ccccc1)OC2.